The molecule has 9 nitrogen and oxygen atoms in total. The molecule has 1 aliphatic heterocycles. The van der Waals surface area contributed by atoms with Gasteiger partial charge in [-0.05, 0) is 25.5 Å². The zero-order valence-corrected chi connectivity index (χ0v) is 14.8. The molecule has 1 unspecified atom stereocenters. The van der Waals surface area contributed by atoms with Crippen molar-refractivity contribution in [1.82, 2.24) is 20.4 Å². The fourth-order valence-corrected chi connectivity index (χ4v) is 2.77. The van der Waals surface area contributed by atoms with Gasteiger partial charge in [0.1, 0.15) is 11.8 Å². The highest BCUT2D eigenvalue weighted by Crippen LogP contribution is 2.16. The van der Waals surface area contributed by atoms with E-state index < -0.39 is 23.3 Å². The number of benzene rings is 1. The third-order valence-corrected chi connectivity index (χ3v) is 4.16. The van der Waals surface area contributed by atoms with Gasteiger partial charge in [-0.1, -0.05) is 6.07 Å². The molecule has 27 heavy (non-hydrogen) atoms. The zero-order valence-electron chi connectivity index (χ0n) is 14.8. The van der Waals surface area contributed by atoms with Gasteiger partial charge in [0, 0.05) is 24.2 Å². The minimum absolute atomic E-state index is 0.117. The summed E-state index contributed by atoms with van der Waals surface area (Å²) in [6.45, 7) is 1.69. The molecule has 1 aromatic carbocycles. The summed E-state index contributed by atoms with van der Waals surface area (Å²) in [6.07, 6.45) is 0.290. The smallest absolute Gasteiger partial charge is 0.276 e. The number of nitrogens with one attached hydrogen (secondary N) is 2. The van der Waals surface area contributed by atoms with E-state index >= 15 is 0 Å². The van der Waals surface area contributed by atoms with Crippen LogP contribution in [0.15, 0.2) is 35.1 Å². The molecule has 140 valence electrons. The number of methoxy groups -OCH3 is 1. The second-order valence-corrected chi connectivity index (χ2v) is 6.09. The Labute approximate surface area is 154 Å². The van der Waals surface area contributed by atoms with Crippen molar-refractivity contribution in [3.8, 4) is 11.4 Å². The number of aryl methyl sites for hydroxylation is 1. The Morgan fingerprint density at radius 3 is 2.78 bits per heavy atom. The minimum Gasteiger partial charge on any atom is -0.497 e. The molecular weight excluding hydrogens is 352 g/mol. The first-order valence-electron chi connectivity index (χ1n) is 8.29. The van der Waals surface area contributed by atoms with Crippen LogP contribution in [-0.2, 0) is 9.59 Å². The van der Waals surface area contributed by atoms with E-state index in [1.165, 1.54) is 17.9 Å². The van der Waals surface area contributed by atoms with Gasteiger partial charge in [-0.15, -0.1) is 0 Å². The van der Waals surface area contributed by atoms with Crippen LogP contribution in [0.5, 0.6) is 5.75 Å². The highest BCUT2D eigenvalue weighted by molar-refractivity contribution is 6.03. The summed E-state index contributed by atoms with van der Waals surface area (Å²) < 4.78 is 6.63. The zero-order chi connectivity index (χ0) is 19.6. The van der Waals surface area contributed by atoms with Crippen molar-refractivity contribution in [3.05, 3.63) is 51.9 Å². The number of ether oxygens (including phenoxy) is 1. The van der Waals surface area contributed by atoms with E-state index in [0.29, 0.717) is 17.1 Å². The van der Waals surface area contributed by atoms with Crippen molar-refractivity contribution in [2.45, 2.75) is 25.8 Å². The molecular formula is C18H18N4O5. The van der Waals surface area contributed by atoms with Crippen molar-refractivity contribution < 1.29 is 19.1 Å². The van der Waals surface area contributed by atoms with Gasteiger partial charge in [0.2, 0.25) is 17.2 Å². The van der Waals surface area contributed by atoms with Crippen LogP contribution in [0.2, 0.25) is 0 Å². The maximum absolute atomic E-state index is 12.5. The van der Waals surface area contributed by atoms with Gasteiger partial charge in [-0.2, -0.15) is 5.10 Å². The molecule has 2 N–H and O–H groups in total. The highest BCUT2D eigenvalue weighted by atomic mass is 16.5. The summed E-state index contributed by atoms with van der Waals surface area (Å²) >= 11 is 0. The average Bonchev–Trinajstić information content (AvgIpc) is 2.64. The quantitative estimate of drug-likeness (QED) is 0.736. The number of hydrogen-bond donors (Lipinski definition) is 2. The van der Waals surface area contributed by atoms with Crippen LogP contribution in [0.4, 0.5) is 0 Å². The third-order valence-electron chi connectivity index (χ3n) is 4.16. The number of rotatable bonds is 4. The van der Waals surface area contributed by atoms with Crippen LogP contribution < -0.4 is 20.8 Å². The van der Waals surface area contributed by atoms with Gasteiger partial charge >= 0.3 is 0 Å². The van der Waals surface area contributed by atoms with E-state index in [-0.39, 0.29) is 24.4 Å². The van der Waals surface area contributed by atoms with E-state index in [1.807, 2.05) is 0 Å². The number of carbonyl (C=O) groups is 3. The van der Waals surface area contributed by atoms with Crippen molar-refractivity contribution in [2.75, 3.05) is 7.11 Å². The summed E-state index contributed by atoms with van der Waals surface area (Å²) in [6, 6.07) is 7.41. The molecule has 3 rings (SSSR count). The largest absolute Gasteiger partial charge is 0.497 e. The topological polar surface area (TPSA) is 119 Å². The maximum Gasteiger partial charge on any atom is 0.276 e. The monoisotopic (exact) mass is 370 g/mol. The lowest BCUT2D eigenvalue weighted by atomic mass is 10.1. The summed E-state index contributed by atoms with van der Waals surface area (Å²) in [5.74, 6) is -1.16. The summed E-state index contributed by atoms with van der Waals surface area (Å²) in [7, 11) is 1.53. The van der Waals surface area contributed by atoms with Crippen LogP contribution in [-0.4, -0.2) is 40.7 Å². The van der Waals surface area contributed by atoms with Crippen LogP contribution in [0.1, 0.15) is 29.0 Å². The van der Waals surface area contributed by atoms with Crippen LogP contribution in [0.25, 0.3) is 5.69 Å². The van der Waals surface area contributed by atoms with Gasteiger partial charge in [0.15, 0.2) is 5.69 Å². The first-order valence-corrected chi connectivity index (χ1v) is 8.29. The molecule has 9 heteroatoms. The van der Waals surface area contributed by atoms with Gasteiger partial charge in [0.05, 0.1) is 12.8 Å². The van der Waals surface area contributed by atoms with E-state index in [2.05, 4.69) is 15.7 Å². The minimum atomic E-state index is -0.886. The number of aromatic nitrogens is 2. The first kappa shape index (κ1) is 18.3. The fourth-order valence-electron chi connectivity index (χ4n) is 2.77. The predicted molar refractivity (Wildman–Crippen MR) is 94.8 cm³/mol. The molecule has 1 aromatic heterocycles. The lowest BCUT2D eigenvalue weighted by molar-refractivity contribution is -0.134. The Morgan fingerprint density at radius 1 is 1.30 bits per heavy atom. The van der Waals surface area contributed by atoms with Crippen molar-refractivity contribution in [2.24, 2.45) is 0 Å². The molecule has 1 saturated heterocycles. The van der Waals surface area contributed by atoms with E-state index in [1.54, 1.807) is 31.2 Å². The first-order chi connectivity index (χ1) is 12.9. The van der Waals surface area contributed by atoms with E-state index in [4.69, 9.17) is 4.74 Å². The molecule has 0 saturated carbocycles. The lowest BCUT2D eigenvalue weighted by Crippen LogP contribution is -2.53. The molecule has 0 radical (unpaired) electrons. The lowest BCUT2D eigenvalue weighted by Gasteiger charge is -2.21. The molecule has 1 aliphatic rings. The van der Waals surface area contributed by atoms with Crippen LogP contribution in [0, 0.1) is 6.92 Å². The Morgan fingerprint density at radius 2 is 2.07 bits per heavy atom. The number of amides is 3. The Balaban J connectivity index is 1.91. The van der Waals surface area contributed by atoms with E-state index in [0.717, 1.165) is 0 Å². The molecule has 0 spiro atoms. The number of hydrogen-bond acceptors (Lipinski definition) is 6. The average molecular weight is 370 g/mol. The number of carbonyl (C=O) groups excluding carboxylic acids is 3. The normalized spacial score (nSPS) is 16.6. The summed E-state index contributed by atoms with van der Waals surface area (Å²) in [5.41, 5.74) is 0.247. The highest BCUT2D eigenvalue weighted by Gasteiger charge is 2.29. The number of nitrogens with zero attached hydrogens (tertiary/aromatic N) is 2. The predicted octanol–water partition coefficient (Wildman–Crippen LogP) is 0.0845. The standard InChI is InChI=1S/C18H18N4O5/c1-10-8-14(23)16(18(26)19-13-6-7-15(24)20-17(13)25)21-22(10)11-4-3-5-12(9-11)27-2/h3-5,8-9,13H,6-7H2,1-2H3,(H,19,26)(H,20,24,25). The van der Waals surface area contributed by atoms with Crippen LogP contribution >= 0.6 is 0 Å². The van der Waals surface area contributed by atoms with Crippen molar-refractivity contribution in [1.29, 1.82) is 0 Å². The van der Waals surface area contributed by atoms with Gasteiger partial charge in [-0.3, -0.25) is 24.5 Å². The maximum atomic E-state index is 12.5. The Hall–Kier alpha value is -3.49. The molecule has 1 fully saturated rings. The second kappa shape index (κ2) is 7.40. The molecule has 3 amide bonds. The fraction of sp³-hybridized carbons (Fsp3) is 0.278. The summed E-state index contributed by atoms with van der Waals surface area (Å²) in [5, 5.41) is 8.77. The molecule has 2 heterocycles. The molecule has 2 aromatic rings. The molecule has 1 atom stereocenters. The SMILES string of the molecule is COc1cccc(-n2nc(C(=O)NC3CCC(=O)NC3=O)c(=O)cc2C)c1. The Bertz CT molecular complexity index is 982. The number of piperidine rings is 1. The Kier molecular flexibility index (Phi) is 5.02. The molecule has 0 aliphatic carbocycles. The van der Waals surface area contributed by atoms with Crippen LogP contribution in [0.3, 0.4) is 0 Å². The van der Waals surface area contributed by atoms with Gasteiger partial charge < -0.3 is 10.1 Å². The van der Waals surface area contributed by atoms with E-state index in [9.17, 15) is 19.2 Å². The van der Waals surface area contributed by atoms with Crippen molar-refractivity contribution >= 4 is 17.7 Å². The number of imide groups is 1. The van der Waals surface area contributed by atoms with Crippen molar-refractivity contribution in [3.63, 3.8) is 0 Å². The van der Waals surface area contributed by atoms with Gasteiger partial charge in [0.25, 0.3) is 5.91 Å². The summed E-state index contributed by atoms with van der Waals surface area (Å²) in [4.78, 5) is 47.8. The second-order valence-electron chi connectivity index (χ2n) is 6.09. The molecule has 0 bridgehead atoms. The van der Waals surface area contributed by atoms with Gasteiger partial charge in [-0.25, -0.2) is 4.68 Å². The third kappa shape index (κ3) is 3.86.